The average Bonchev–Trinajstić information content (AvgIpc) is 2.89. The van der Waals surface area contributed by atoms with Crippen LogP contribution in [0.3, 0.4) is 0 Å². The monoisotopic (exact) mass is 550 g/mol. The highest BCUT2D eigenvalue weighted by atomic mass is 79.9. The summed E-state index contributed by atoms with van der Waals surface area (Å²) in [7, 11) is -3.18. The fraction of sp³-hybridized carbons (Fsp3) is 1.00. The average molecular weight is 553 g/mol. The topological polar surface area (TPSA) is 29.5 Å². The van der Waals surface area contributed by atoms with Crippen LogP contribution in [0.15, 0.2) is 0 Å². The predicted octanol–water partition coefficient (Wildman–Crippen LogP) is 7.74. The summed E-state index contributed by atoms with van der Waals surface area (Å²) >= 11 is 12.9. The summed E-state index contributed by atoms with van der Waals surface area (Å²) in [6.45, 7) is 27.0. The lowest BCUT2D eigenvalue weighted by Crippen LogP contribution is -2.53. The summed E-state index contributed by atoms with van der Waals surface area (Å²) in [5.41, 5.74) is 0. The Morgan fingerprint density at radius 3 is 1.31 bits per heavy atom. The van der Waals surface area contributed by atoms with Crippen LogP contribution in [0.1, 0.15) is 55.4 Å². The molecule has 1 rings (SSSR count). The van der Waals surface area contributed by atoms with Gasteiger partial charge in [-0.1, -0.05) is 73.4 Å². The third-order valence-electron chi connectivity index (χ3n) is 6.30. The van der Waals surface area contributed by atoms with Crippen molar-refractivity contribution < 1.29 is 9.22 Å². The Bertz CT molecular complexity index is 427. The van der Waals surface area contributed by atoms with Crippen LogP contribution in [0.5, 0.6) is 0 Å². The molecule has 0 heterocycles. The van der Waals surface area contributed by atoms with E-state index in [9.17, 15) is 5.11 Å². The molecule has 0 radical (unpaired) electrons. The van der Waals surface area contributed by atoms with Gasteiger partial charge in [0.1, 0.15) is 0 Å². The maximum atomic E-state index is 9.33. The number of rotatable bonds is 4. The van der Waals surface area contributed by atoms with Crippen LogP contribution in [0.25, 0.3) is 0 Å². The number of halogens is 3. The lowest BCUT2D eigenvalue weighted by molar-refractivity contribution is 0.164. The molecule has 1 aliphatic carbocycles. The normalized spacial score (nSPS) is 25.8. The largest absolute Gasteiger partial charge is 0.455 e. The van der Waals surface area contributed by atoms with Gasteiger partial charge in [0, 0.05) is 17.2 Å². The predicted molar refractivity (Wildman–Crippen MR) is 130 cm³/mol. The molecule has 7 heteroatoms. The molecule has 1 fully saturated rings. The minimum atomic E-state index is -1.59. The van der Waals surface area contributed by atoms with Crippen LogP contribution in [-0.2, 0) is 4.12 Å². The van der Waals surface area contributed by atoms with Crippen molar-refractivity contribution in [3.05, 3.63) is 0 Å². The fourth-order valence-corrected chi connectivity index (χ4v) is 13.2. The second kappa shape index (κ2) is 8.77. The molecule has 1 N–H and O–H groups in total. The van der Waals surface area contributed by atoms with Gasteiger partial charge in [-0.3, -0.25) is 0 Å². The molecule has 0 amide bonds. The van der Waals surface area contributed by atoms with Crippen molar-refractivity contribution in [1.29, 1.82) is 0 Å². The molecule has 158 valence electrons. The minimum Gasteiger partial charge on any atom is -0.455 e. The lowest BCUT2D eigenvalue weighted by Gasteiger charge is -2.47. The molecule has 4 atom stereocenters. The van der Waals surface area contributed by atoms with Crippen molar-refractivity contribution in [1.82, 2.24) is 0 Å². The molecule has 0 aromatic carbocycles. The van der Waals surface area contributed by atoms with Gasteiger partial charge in [0.05, 0.1) is 9.34 Å². The summed E-state index contributed by atoms with van der Waals surface area (Å²) in [6.07, 6.45) is -0.306. The lowest BCUT2D eigenvalue weighted by atomic mass is 10.2. The minimum absolute atomic E-state index is 0.0911. The second-order valence-corrected chi connectivity index (χ2v) is 25.0. The van der Waals surface area contributed by atoms with Crippen molar-refractivity contribution in [2.24, 2.45) is 11.8 Å². The molecule has 0 bridgehead atoms. The first kappa shape index (κ1) is 27.6. The second-order valence-electron chi connectivity index (χ2n) is 10.8. The van der Waals surface area contributed by atoms with E-state index in [1.807, 2.05) is 6.92 Å². The van der Waals surface area contributed by atoms with Gasteiger partial charge in [0.2, 0.25) is 0 Å². The standard InChI is InChI=1S/C12H30OSi2.C7H11Br2ClO/c1-11(2,3)14(7,8)13-15(9,10)12(4,5)6;1-3(10)5-6(4(2)11)7(5,8)9/h1-10H3;3-6,11H,1-2H3/t;3?,4?,5-,6+/m.1/s1. The van der Waals surface area contributed by atoms with E-state index in [4.69, 9.17) is 15.7 Å². The summed E-state index contributed by atoms with van der Waals surface area (Å²) < 4.78 is 6.50. The van der Waals surface area contributed by atoms with Crippen molar-refractivity contribution in [2.45, 2.75) is 106 Å². The van der Waals surface area contributed by atoms with E-state index in [2.05, 4.69) is 99.6 Å². The zero-order valence-corrected chi connectivity index (χ0v) is 24.7. The van der Waals surface area contributed by atoms with Crippen molar-refractivity contribution >= 4 is 60.1 Å². The van der Waals surface area contributed by atoms with Crippen molar-refractivity contribution in [3.63, 3.8) is 0 Å². The van der Waals surface area contributed by atoms with E-state index in [0.717, 1.165) is 0 Å². The molecule has 0 saturated heterocycles. The zero-order valence-electron chi connectivity index (χ0n) is 18.8. The molecule has 0 aromatic rings. The number of aliphatic hydroxyl groups is 1. The van der Waals surface area contributed by atoms with Crippen LogP contribution in [-0.4, -0.2) is 36.5 Å². The molecule has 2 unspecified atom stereocenters. The highest BCUT2D eigenvalue weighted by molar-refractivity contribution is 9.25. The summed E-state index contributed by atoms with van der Waals surface area (Å²) in [5, 5.41) is 10.1. The van der Waals surface area contributed by atoms with Gasteiger partial charge in [-0.15, -0.1) is 11.6 Å². The van der Waals surface area contributed by atoms with Crippen LogP contribution in [0, 0.1) is 11.8 Å². The highest BCUT2D eigenvalue weighted by Gasteiger charge is 2.65. The van der Waals surface area contributed by atoms with Gasteiger partial charge in [0.25, 0.3) is 0 Å². The smallest absolute Gasteiger partial charge is 0.178 e. The number of alkyl halides is 3. The number of aliphatic hydroxyl groups excluding tert-OH is 1. The molecule has 26 heavy (non-hydrogen) atoms. The SMILES string of the molecule is CC(C)(C)[Si](C)(C)O[Si](C)(C)C(C)(C)C.CC(Cl)[C@@H]1[C@H](C(C)O)C1(Br)Br. The Morgan fingerprint density at radius 1 is 0.885 bits per heavy atom. The molecular formula is C19H41Br2ClO2Si2. The Hall–Kier alpha value is 1.60. The van der Waals surface area contributed by atoms with Gasteiger partial charge in [-0.25, -0.2) is 0 Å². The fourth-order valence-electron chi connectivity index (χ4n) is 2.53. The summed E-state index contributed by atoms with van der Waals surface area (Å²) in [4.78, 5) is 0. The van der Waals surface area contributed by atoms with Crippen LogP contribution in [0.4, 0.5) is 0 Å². The van der Waals surface area contributed by atoms with E-state index in [1.54, 1.807) is 6.92 Å². The van der Waals surface area contributed by atoms with E-state index in [0.29, 0.717) is 16.0 Å². The van der Waals surface area contributed by atoms with E-state index < -0.39 is 16.6 Å². The Labute approximate surface area is 186 Å². The maximum absolute atomic E-state index is 9.33. The Balaban J connectivity index is 0.000000502. The van der Waals surface area contributed by atoms with Gasteiger partial charge in [-0.05, 0) is 50.1 Å². The molecule has 2 nitrogen and oxygen atoms in total. The van der Waals surface area contributed by atoms with Crippen molar-refractivity contribution in [2.75, 3.05) is 0 Å². The van der Waals surface area contributed by atoms with E-state index in [-0.39, 0.29) is 20.6 Å². The first-order valence-corrected chi connectivity index (χ1v) is 17.3. The van der Waals surface area contributed by atoms with Crippen LogP contribution < -0.4 is 0 Å². The van der Waals surface area contributed by atoms with Crippen molar-refractivity contribution in [3.8, 4) is 0 Å². The number of hydrogen-bond donors (Lipinski definition) is 1. The van der Waals surface area contributed by atoms with Gasteiger partial charge in [-0.2, -0.15) is 0 Å². The van der Waals surface area contributed by atoms with Crippen LogP contribution >= 0.6 is 43.5 Å². The zero-order chi connectivity index (χ0) is 21.5. The van der Waals surface area contributed by atoms with Crippen LogP contribution in [0.2, 0.25) is 36.3 Å². The molecule has 1 saturated carbocycles. The molecule has 0 aliphatic heterocycles. The maximum Gasteiger partial charge on any atom is 0.178 e. The number of hydrogen-bond acceptors (Lipinski definition) is 2. The van der Waals surface area contributed by atoms with Gasteiger partial charge >= 0.3 is 0 Å². The van der Waals surface area contributed by atoms with E-state index in [1.165, 1.54) is 0 Å². The molecule has 0 aromatic heterocycles. The first-order valence-electron chi connectivity index (χ1n) is 9.49. The first-order chi connectivity index (χ1) is 11.1. The third kappa shape index (κ3) is 6.84. The van der Waals surface area contributed by atoms with Gasteiger partial charge in [0.15, 0.2) is 16.6 Å². The summed E-state index contributed by atoms with van der Waals surface area (Å²) in [5.74, 6) is 0.555. The Kier molecular flexibility index (Phi) is 9.31. The van der Waals surface area contributed by atoms with E-state index >= 15 is 0 Å². The quantitative estimate of drug-likeness (QED) is 0.285. The molecule has 1 aliphatic rings. The van der Waals surface area contributed by atoms with Gasteiger partial charge < -0.3 is 9.22 Å². The molecule has 0 spiro atoms. The Morgan fingerprint density at radius 2 is 1.19 bits per heavy atom. The molecular weight excluding hydrogens is 512 g/mol. The highest BCUT2D eigenvalue weighted by Crippen LogP contribution is 2.65. The third-order valence-corrected chi connectivity index (χ3v) is 20.0. The summed E-state index contributed by atoms with van der Waals surface area (Å²) in [6, 6.07) is 0.